The minimum Gasteiger partial charge on any atom is -0.458 e. The van der Waals surface area contributed by atoms with Crippen molar-refractivity contribution in [3.8, 4) is 0 Å². The number of allylic oxidation sites excluding steroid dienone is 1. The number of nitrogens with one attached hydrogen (secondary N) is 1. The zero-order valence-electron chi connectivity index (χ0n) is 18.1. The Kier molecular flexibility index (Phi) is 6.12. The van der Waals surface area contributed by atoms with Gasteiger partial charge in [0.2, 0.25) is 0 Å². The molecular weight excluding hydrogens is 376 g/mol. The molecule has 5 nitrogen and oxygen atoms in total. The van der Waals surface area contributed by atoms with Gasteiger partial charge >= 0.3 is 5.97 Å². The van der Waals surface area contributed by atoms with Crippen molar-refractivity contribution < 1.29 is 14.6 Å². The van der Waals surface area contributed by atoms with Gasteiger partial charge in [-0.1, -0.05) is 32.1 Å². The number of pyridine rings is 1. The lowest BCUT2D eigenvalue weighted by atomic mass is 9.50. The van der Waals surface area contributed by atoms with Crippen molar-refractivity contribution >= 4 is 5.97 Å². The Bertz CT molecular complexity index is 821. The van der Waals surface area contributed by atoms with Crippen molar-refractivity contribution in [1.82, 2.24) is 10.3 Å². The van der Waals surface area contributed by atoms with E-state index in [1.54, 1.807) is 6.20 Å². The molecule has 0 saturated heterocycles. The molecule has 2 heterocycles. The number of aliphatic hydroxyl groups is 1. The van der Waals surface area contributed by atoms with Gasteiger partial charge in [0.25, 0.3) is 0 Å². The average molecular weight is 411 g/mol. The summed E-state index contributed by atoms with van der Waals surface area (Å²) in [5.41, 5.74) is 3.22. The van der Waals surface area contributed by atoms with Crippen LogP contribution in [-0.2, 0) is 16.1 Å². The normalized spacial score (nSPS) is 34.8. The van der Waals surface area contributed by atoms with Crippen LogP contribution < -0.4 is 5.32 Å². The zero-order chi connectivity index (χ0) is 21.3. The van der Waals surface area contributed by atoms with Gasteiger partial charge in [-0.05, 0) is 73.0 Å². The van der Waals surface area contributed by atoms with E-state index >= 15 is 0 Å². The fourth-order valence-corrected chi connectivity index (χ4v) is 6.18. The number of carbonyl (C=O) groups is 1. The summed E-state index contributed by atoms with van der Waals surface area (Å²) < 4.78 is 5.24. The first-order valence-electron chi connectivity index (χ1n) is 11.3. The number of aromatic nitrogens is 1. The van der Waals surface area contributed by atoms with E-state index in [-0.39, 0.29) is 23.5 Å². The van der Waals surface area contributed by atoms with Crippen LogP contribution in [0.1, 0.15) is 51.5 Å². The summed E-state index contributed by atoms with van der Waals surface area (Å²) in [5.74, 6) is 0.887. The van der Waals surface area contributed by atoms with Crippen LogP contribution in [0.3, 0.4) is 0 Å². The maximum atomic E-state index is 12.4. The van der Waals surface area contributed by atoms with Gasteiger partial charge in [0.1, 0.15) is 6.61 Å². The Morgan fingerprint density at radius 1 is 1.43 bits per heavy atom. The maximum Gasteiger partial charge on any atom is 0.335 e. The van der Waals surface area contributed by atoms with E-state index in [1.165, 1.54) is 5.57 Å². The van der Waals surface area contributed by atoms with Crippen LogP contribution in [0.5, 0.6) is 0 Å². The van der Waals surface area contributed by atoms with Gasteiger partial charge in [-0.15, -0.1) is 0 Å². The van der Waals surface area contributed by atoms with E-state index in [9.17, 15) is 9.90 Å². The minimum absolute atomic E-state index is 0.0836. The Morgan fingerprint density at radius 2 is 2.27 bits per heavy atom. The highest BCUT2D eigenvalue weighted by molar-refractivity contribution is 5.91. The molecule has 5 heteroatoms. The molecule has 0 radical (unpaired) electrons. The largest absolute Gasteiger partial charge is 0.458 e. The molecule has 1 aromatic heterocycles. The number of carbonyl (C=O) groups excluding carboxylic acids is 1. The smallest absolute Gasteiger partial charge is 0.335 e. The molecule has 3 aliphatic rings. The number of ether oxygens (including phenoxy) is 1. The molecule has 0 spiro atoms. The van der Waals surface area contributed by atoms with Gasteiger partial charge in [-0.25, -0.2) is 4.79 Å². The first-order chi connectivity index (χ1) is 14.4. The fourth-order valence-electron chi connectivity index (χ4n) is 6.18. The molecule has 2 saturated carbocycles. The summed E-state index contributed by atoms with van der Waals surface area (Å²) in [5, 5.41) is 14.1. The Morgan fingerprint density at radius 3 is 2.97 bits per heavy atom. The SMILES string of the molecule is C=C1CCC2[C@@H](C)C(O)CC[C@]2(C)C1CC(NCc1cccnc1)C1=CCOC1=O. The fraction of sp³-hybridized carbons (Fsp3) is 0.600. The molecule has 0 amide bonds. The minimum atomic E-state index is -0.214. The van der Waals surface area contributed by atoms with E-state index in [1.807, 2.05) is 24.4 Å². The summed E-state index contributed by atoms with van der Waals surface area (Å²) in [6.07, 6.45) is 10.1. The van der Waals surface area contributed by atoms with Gasteiger partial charge in [-0.2, -0.15) is 0 Å². The number of hydrogen-bond donors (Lipinski definition) is 2. The number of esters is 1. The molecule has 1 aliphatic heterocycles. The highest BCUT2D eigenvalue weighted by Gasteiger charge is 2.51. The van der Waals surface area contributed by atoms with Crippen LogP contribution in [0.2, 0.25) is 0 Å². The monoisotopic (exact) mass is 410 g/mol. The van der Waals surface area contributed by atoms with Gasteiger partial charge < -0.3 is 15.2 Å². The van der Waals surface area contributed by atoms with Gasteiger partial charge in [-0.3, -0.25) is 4.98 Å². The van der Waals surface area contributed by atoms with Crippen molar-refractivity contribution in [2.45, 2.75) is 64.6 Å². The standard InChI is InChI=1S/C25H34N2O3/c1-16-6-7-20-17(2)23(28)8-10-25(20,3)21(16)13-22(19-9-12-30-24(19)29)27-15-18-5-4-11-26-14-18/h4-5,9,11,14,17,20-23,27-28H,1,6-8,10,12-13,15H2,2-3H3/t17-,20?,21?,22?,23?,25+/m1/s1. The van der Waals surface area contributed by atoms with Crippen molar-refractivity contribution in [1.29, 1.82) is 0 Å². The van der Waals surface area contributed by atoms with Gasteiger partial charge in [0, 0.05) is 25.0 Å². The number of nitrogens with zero attached hydrogens (tertiary/aromatic N) is 1. The predicted molar refractivity (Wildman–Crippen MR) is 116 cm³/mol. The molecule has 162 valence electrons. The van der Waals surface area contributed by atoms with Crippen LogP contribution in [0.25, 0.3) is 0 Å². The summed E-state index contributed by atoms with van der Waals surface area (Å²) in [6.45, 7) is 10.0. The second-order valence-corrected chi connectivity index (χ2v) is 9.62. The van der Waals surface area contributed by atoms with Crippen molar-refractivity contribution in [3.63, 3.8) is 0 Å². The molecule has 0 aromatic carbocycles. The lowest BCUT2D eigenvalue weighted by Gasteiger charge is -2.56. The third-order valence-corrected chi connectivity index (χ3v) is 8.01. The highest BCUT2D eigenvalue weighted by atomic mass is 16.5. The number of cyclic esters (lactones) is 1. The van der Waals surface area contributed by atoms with Crippen LogP contribution in [0.4, 0.5) is 0 Å². The van der Waals surface area contributed by atoms with Crippen LogP contribution in [0, 0.1) is 23.2 Å². The summed E-state index contributed by atoms with van der Waals surface area (Å²) >= 11 is 0. The third-order valence-electron chi connectivity index (χ3n) is 8.01. The van der Waals surface area contributed by atoms with E-state index in [0.29, 0.717) is 30.9 Å². The molecule has 1 aromatic rings. The molecule has 30 heavy (non-hydrogen) atoms. The van der Waals surface area contributed by atoms with Crippen molar-refractivity contribution in [3.05, 3.63) is 53.9 Å². The van der Waals surface area contributed by atoms with Crippen LogP contribution in [-0.4, -0.2) is 34.8 Å². The predicted octanol–water partition coefficient (Wildman–Crippen LogP) is 3.79. The van der Waals surface area contributed by atoms with E-state index in [4.69, 9.17) is 4.74 Å². The van der Waals surface area contributed by atoms with Crippen LogP contribution >= 0.6 is 0 Å². The number of fused-ring (bicyclic) bond motifs is 1. The Hall–Kier alpha value is -1.98. The molecule has 2 N–H and O–H groups in total. The average Bonchev–Trinajstić information content (AvgIpc) is 3.17. The molecule has 4 unspecified atom stereocenters. The summed E-state index contributed by atoms with van der Waals surface area (Å²) in [6, 6.07) is 3.89. The molecule has 2 fully saturated rings. The van der Waals surface area contributed by atoms with Crippen molar-refractivity contribution in [2.24, 2.45) is 23.2 Å². The van der Waals surface area contributed by atoms with E-state index in [2.05, 4.69) is 30.7 Å². The first kappa shape index (κ1) is 21.3. The number of rotatable bonds is 6. The van der Waals surface area contributed by atoms with Crippen LogP contribution in [0.15, 0.2) is 48.3 Å². The van der Waals surface area contributed by atoms with E-state index < -0.39 is 0 Å². The lowest BCUT2D eigenvalue weighted by molar-refractivity contribution is -0.136. The topological polar surface area (TPSA) is 71.4 Å². The molecule has 6 atom stereocenters. The number of hydrogen-bond acceptors (Lipinski definition) is 5. The van der Waals surface area contributed by atoms with Crippen molar-refractivity contribution in [2.75, 3.05) is 6.61 Å². The zero-order valence-corrected chi connectivity index (χ0v) is 18.1. The molecule has 2 aliphatic carbocycles. The lowest BCUT2D eigenvalue weighted by Crippen LogP contribution is -2.51. The maximum absolute atomic E-state index is 12.4. The van der Waals surface area contributed by atoms with Gasteiger partial charge in [0.05, 0.1) is 11.7 Å². The second-order valence-electron chi connectivity index (χ2n) is 9.62. The Labute approximate surface area is 179 Å². The molecule has 4 rings (SSSR count). The Balaban J connectivity index is 1.57. The van der Waals surface area contributed by atoms with Gasteiger partial charge in [0.15, 0.2) is 0 Å². The quantitative estimate of drug-likeness (QED) is 0.551. The molecular formula is C25H34N2O3. The first-order valence-corrected chi connectivity index (χ1v) is 11.3. The van der Waals surface area contributed by atoms with E-state index in [0.717, 1.165) is 43.2 Å². The second kappa shape index (κ2) is 8.64. The number of aliphatic hydroxyl groups excluding tert-OH is 1. The highest BCUT2D eigenvalue weighted by Crippen LogP contribution is 2.58. The molecule has 0 bridgehead atoms. The summed E-state index contributed by atoms with van der Waals surface area (Å²) in [4.78, 5) is 16.6. The third kappa shape index (κ3) is 3.97. The summed E-state index contributed by atoms with van der Waals surface area (Å²) in [7, 11) is 0.